The van der Waals surface area contributed by atoms with Gasteiger partial charge >= 0.3 is 0 Å². The Morgan fingerprint density at radius 3 is 2.65 bits per heavy atom. The van der Waals surface area contributed by atoms with Gasteiger partial charge in [0.05, 0.1) is 12.2 Å². The van der Waals surface area contributed by atoms with E-state index < -0.39 is 5.91 Å². The number of carbonyl (C=O) groups is 2. The summed E-state index contributed by atoms with van der Waals surface area (Å²) in [7, 11) is 1.53. The van der Waals surface area contributed by atoms with E-state index in [4.69, 9.17) is 11.5 Å². The van der Waals surface area contributed by atoms with Gasteiger partial charge in [-0.1, -0.05) is 6.92 Å². The Kier molecular flexibility index (Phi) is 4.14. The molecule has 0 aromatic carbocycles. The van der Waals surface area contributed by atoms with Crippen LogP contribution in [0.25, 0.3) is 0 Å². The fourth-order valence-electron chi connectivity index (χ4n) is 1.64. The first kappa shape index (κ1) is 13.1. The maximum absolute atomic E-state index is 12.0. The van der Waals surface area contributed by atoms with Crippen molar-refractivity contribution in [3.8, 4) is 0 Å². The van der Waals surface area contributed by atoms with Crippen molar-refractivity contribution in [1.82, 2.24) is 9.47 Å². The summed E-state index contributed by atoms with van der Waals surface area (Å²) >= 11 is 0. The number of aromatic nitrogens is 1. The number of likely N-dealkylation sites (N-methyl/N-ethyl adjacent to an activating group) is 1. The lowest BCUT2D eigenvalue weighted by Crippen LogP contribution is -2.36. The van der Waals surface area contributed by atoms with Crippen molar-refractivity contribution >= 4 is 17.5 Å². The van der Waals surface area contributed by atoms with Crippen molar-refractivity contribution in [2.45, 2.75) is 19.9 Å². The first-order valence-electron chi connectivity index (χ1n) is 5.45. The molecule has 6 nitrogen and oxygen atoms in total. The van der Waals surface area contributed by atoms with E-state index in [2.05, 4.69) is 0 Å². The predicted molar refractivity (Wildman–Crippen MR) is 65.3 cm³/mol. The van der Waals surface area contributed by atoms with Crippen molar-refractivity contribution < 1.29 is 9.59 Å². The molecular weight excluding hydrogens is 220 g/mol. The first-order valence-corrected chi connectivity index (χ1v) is 5.45. The van der Waals surface area contributed by atoms with Crippen LogP contribution in [-0.2, 0) is 11.3 Å². The summed E-state index contributed by atoms with van der Waals surface area (Å²) in [5.74, 6) is -0.795. The Morgan fingerprint density at radius 1 is 1.47 bits per heavy atom. The van der Waals surface area contributed by atoms with Crippen molar-refractivity contribution in [2.75, 3.05) is 19.3 Å². The normalized spacial score (nSPS) is 10.2. The van der Waals surface area contributed by atoms with Crippen molar-refractivity contribution in [1.29, 1.82) is 0 Å². The Morgan fingerprint density at radius 2 is 2.12 bits per heavy atom. The van der Waals surface area contributed by atoms with Crippen molar-refractivity contribution in [2.24, 2.45) is 5.73 Å². The van der Waals surface area contributed by atoms with Crippen LogP contribution in [0, 0.1) is 0 Å². The number of nitrogens with two attached hydrogens (primary N) is 2. The smallest absolute Gasteiger partial charge is 0.270 e. The van der Waals surface area contributed by atoms with Crippen molar-refractivity contribution in [3.63, 3.8) is 0 Å². The van der Waals surface area contributed by atoms with Crippen LogP contribution in [0.4, 0.5) is 5.69 Å². The minimum absolute atomic E-state index is 0.101. The Hall–Kier alpha value is -1.98. The average molecular weight is 238 g/mol. The largest absolute Gasteiger partial charge is 0.397 e. The summed E-state index contributed by atoms with van der Waals surface area (Å²) in [6.45, 7) is 2.62. The Balaban J connectivity index is 2.90. The number of aryl methyl sites for hydroxylation is 1. The number of carbonyl (C=O) groups excluding carboxylic acids is 2. The summed E-state index contributed by atoms with van der Waals surface area (Å²) in [6, 6.07) is 1.61. The number of nitrogen functional groups attached to an aromatic ring is 1. The molecule has 0 aliphatic carbocycles. The number of hydrogen-bond donors (Lipinski definition) is 2. The highest BCUT2D eigenvalue weighted by molar-refractivity contribution is 5.95. The zero-order chi connectivity index (χ0) is 13.0. The van der Waals surface area contributed by atoms with E-state index in [-0.39, 0.29) is 12.5 Å². The molecular formula is C11H18N4O2. The third-order valence-electron chi connectivity index (χ3n) is 2.34. The lowest BCUT2D eigenvalue weighted by Gasteiger charge is -2.16. The fraction of sp³-hybridized carbons (Fsp3) is 0.455. The van der Waals surface area contributed by atoms with Gasteiger partial charge in [0.25, 0.3) is 5.91 Å². The summed E-state index contributed by atoms with van der Waals surface area (Å²) in [6.07, 6.45) is 2.61. The number of primary amides is 1. The van der Waals surface area contributed by atoms with E-state index in [1.54, 1.807) is 16.8 Å². The number of hydrogen-bond acceptors (Lipinski definition) is 3. The lowest BCUT2D eigenvalue weighted by molar-refractivity contribution is -0.118. The summed E-state index contributed by atoms with van der Waals surface area (Å²) in [4.78, 5) is 24.1. The van der Waals surface area contributed by atoms with Crippen molar-refractivity contribution in [3.05, 3.63) is 18.0 Å². The third-order valence-corrected chi connectivity index (χ3v) is 2.34. The van der Waals surface area contributed by atoms with E-state index in [1.165, 1.54) is 11.9 Å². The zero-order valence-corrected chi connectivity index (χ0v) is 10.1. The molecule has 17 heavy (non-hydrogen) atoms. The topological polar surface area (TPSA) is 94.3 Å². The van der Waals surface area contributed by atoms with Gasteiger partial charge in [-0.15, -0.1) is 0 Å². The average Bonchev–Trinajstić information content (AvgIpc) is 2.58. The summed E-state index contributed by atoms with van der Waals surface area (Å²) in [5, 5.41) is 0. The van der Waals surface area contributed by atoms with E-state index in [9.17, 15) is 9.59 Å². The zero-order valence-electron chi connectivity index (χ0n) is 10.1. The molecule has 0 radical (unpaired) electrons. The molecule has 1 aromatic rings. The Labute approximate surface area is 100 Å². The maximum Gasteiger partial charge on any atom is 0.270 e. The second-order valence-corrected chi connectivity index (χ2v) is 3.98. The highest BCUT2D eigenvalue weighted by Gasteiger charge is 2.17. The molecule has 0 aliphatic heterocycles. The highest BCUT2D eigenvalue weighted by Crippen LogP contribution is 2.13. The van der Waals surface area contributed by atoms with E-state index >= 15 is 0 Å². The van der Waals surface area contributed by atoms with Crippen LogP contribution in [0.2, 0.25) is 0 Å². The number of anilines is 1. The maximum atomic E-state index is 12.0. The predicted octanol–water partition coefficient (Wildman–Crippen LogP) is 0.0376. The third kappa shape index (κ3) is 3.24. The number of amides is 2. The van der Waals surface area contributed by atoms with Gasteiger partial charge in [0.2, 0.25) is 5.91 Å². The molecule has 0 atom stereocenters. The molecule has 0 bridgehead atoms. The van der Waals surface area contributed by atoms with Crippen LogP contribution in [0.5, 0.6) is 0 Å². The standard InChI is InChI=1S/C11H18N4O2/c1-3-4-15-6-8(12)5-9(15)11(17)14(2)7-10(13)16/h5-6H,3-4,7,12H2,1-2H3,(H2,13,16). The van der Waals surface area contributed by atoms with E-state index in [1.807, 2.05) is 6.92 Å². The minimum atomic E-state index is -0.539. The molecule has 6 heteroatoms. The molecule has 2 amide bonds. The van der Waals surface area contributed by atoms with Gasteiger partial charge in [-0.05, 0) is 12.5 Å². The summed E-state index contributed by atoms with van der Waals surface area (Å²) in [5.41, 5.74) is 11.7. The van der Waals surface area contributed by atoms with Gasteiger partial charge in [-0.25, -0.2) is 0 Å². The molecule has 0 unspecified atom stereocenters. The highest BCUT2D eigenvalue weighted by atomic mass is 16.2. The summed E-state index contributed by atoms with van der Waals surface area (Å²) < 4.78 is 1.79. The van der Waals surface area contributed by atoms with Gasteiger partial charge in [0.15, 0.2) is 0 Å². The second kappa shape index (κ2) is 5.38. The number of rotatable bonds is 5. The van der Waals surface area contributed by atoms with Crippen LogP contribution < -0.4 is 11.5 Å². The fourth-order valence-corrected chi connectivity index (χ4v) is 1.64. The SMILES string of the molecule is CCCn1cc(N)cc1C(=O)N(C)CC(N)=O. The van der Waals surface area contributed by atoms with Gasteiger partial charge in [-0.3, -0.25) is 9.59 Å². The van der Waals surface area contributed by atoms with Crippen LogP contribution in [0.3, 0.4) is 0 Å². The van der Waals surface area contributed by atoms with Gasteiger partial charge < -0.3 is 20.9 Å². The van der Waals surface area contributed by atoms with Crippen LogP contribution in [0.1, 0.15) is 23.8 Å². The first-order chi connectivity index (χ1) is 7.95. The molecule has 0 spiro atoms. The minimum Gasteiger partial charge on any atom is -0.397 e. The van der Waals surface area contributed by atoms with Gasteiger partial charge in [0, 0.05) is 19.8 Å². The molecule has 0 saturated carbocycles. The van der Waals surface area contributed by atoms with Crippen LogP contribution >= 0.6 is 0 Å². The molecule has 1 rings (SSSR count). The molecule has 0 fully saturated rings. The molecule has 0 saturated heterocycles. The van der Waals surface area contributed by atoms with Gasteiger partial charge in [0.1, 0.15) is 5.69 Å². The molecule has 1 aromatic heterocycles. The van der Waals surface area contributed by atoms with Crippen LogP contribution in [0.15, 0.2) is 12.3 Å². The number of nitrogens with zero attached hydrogens (tertiary/aromatic N) is 2. The quantitative estimate of drug-likeness (QED) is 0.758. The Bertz CT molecular complexity index is 425. The molecule has 4 N–H and O–H groups in total. The molecule has 94 valence electrons. The lowest BCUT2D eigenvalue weighted by atomic mass is 10.3. The molecule has 0 aliphatic rings. The van der Waals surface area contributed by atoms with Crippen LogP contribution in [-0.4, -0.2) is 34.9 Å². The second-order valence-electron chi connectivity index (χ2n) is 3.98. The van der Waals surface area contributed by atoms with E-state index in [0.717, 1.165) is 6.42 Å². The monoisotopic (exact) mass is 238 g/mol. The molecule has 1 heterocycles. The van der Waals surface area contributed by atoms with Gasteiger partial charge in [-0.2, -0.15) is 0 Å². The van der Waals surface area contributed by atoms with E-state index in [0.29, 0.717) is 17.9 Å².